The summed E-state index contributed by atoms with van der Waals surface area (Å²) >= 11 is 0. The van der Waals surface area contributed by atoms with E-state index in [-0.39, 0.29) is 23.5 Å². The fourth-order valence-corrected chi connectivity index (χ4v) is 2.75. The van der Waals surface area contributed by atoms with Crippen molar-refractivity contribution in [2.45, 2.75) is 19.0 Å². The summed E-state index contributed by atoms with van der Waals surface area (Å²) in [7, 11) is 0. The van der Waals surface area contributed by atoms with Gasteiger partial charge in [0.25, 0.3) is 5.69 Å². The van der Waals surface area contributed by atoms with Crippen molar-refractivity contribution in [1.82, 2.24) is 5.32 Å². The van der Waals surface area contributed by atoms with E-state index in [1.165, 1.54) is 12.1 Å². The first kappa shape index (κ1) is 18.5. The molecule has 1 aliphatic rings. The van der Waals surface area contributed by atoms with Crippen molar-refractivity contribution >= 4 is 17.3 Å². The minimum Gasteiger partial charge on any atom is -0.365 e. The number of nitrogens with one attached hydrogen (secondary N) is 1. The number of amides is 1. The SMILES string of the molecule is N#Cc1ccc(N2CCCC(C(=O)NCC(F)(F)F)C2)c([N+](=O)[O-])c1. The Morgan fingerprint density at radius 2 is 2.20 bits per heavy atom. The fourth-order valence-electron chi connectivity index (χ4n) is 2.75. The van der Waals surface area contributed by atoms with E-state index in [0.717, 1.165) is 6.07 Å². The molecule has 1 heterocycles. The first-order valence-electron chi connectivity index (χ1n) is 7.49. The highest BCUT2D eigenvalue weighted by Crippen LogP contribution is 2.32. The van der Waals surface area contributed by atoms with E-state index in [1.807, 2.05) is 11.4 Å². The van der Waals surface area contributed by atoms with Gasteiger partial charge in [-0.2, -0.15) is 18.4 Å². The van der Waals surface area contributed by atoms with E-state index >= 15 is 0 Å². The summed E-state index contributed by atoms with van der Waals surface area (Å²) in [4.78, 5) is 24.1. The largest absolute Gasteiger partial charge is 0.405 e. The molecule has 0 spiro atoms. The zero-order chi connectivity index (χ0) is 18.6. The maximum atomic E-state index is 12.2. The van der Waals surface area contributed by atoms with E-state index in [4.69, 9.17) is 5.26 Å². The Hall–Kier alpha value is -2.83. The van der Waals surface area contributed by atoms with Crippen LogP contribution >= 0.6 is 0 Å². The van der Waals surface area contributed by atoms with Gasteiger partial charge in [-0.05, 0) is 25.0 Å². The van der Waals surface area contributed by atoms with Crippen LogP contribution in [0.15, 0.2) is 18.2 Å². The van der Waals surface area contributed by atoms with E-state index in [2.05, 4.69) is 0 Å². The molecule has 7 nitrogen and oxygen atoms in total. The van der Waals surface area contributed by atoms with Gasteiger partial charge in [-0.1, -0.05) is 0 Å². The number of carbonyl (C=O) groups is 1. The molecule has 0 bridgehead atoms. The van der Waals surface area contributed by atoms with Crippen molar-refractivity contribution in [3.8, 4) is 6.07 Å². The molecule has 0 saturated carbocycles. The van der Waals surface area contributed by atoms with Crippen LogP contribution in [0.5, 0.6) is 0 Å². The Morgan fingerprint density at radius 1 is 1.48 bits per heavy atom. The number of nitriles is 1. The molecule has 1 unspecified atom stereocenters. The average Bonchev–Trinajstić information content (AvgIpc) is 2.58. The van der Waals surface area contributed by atoms with Crippen molar-refractivity contribution in [1.29, 1.82) is 5.26 Å². The number of carbonyl (C=O) groups excluding carboxylic acids is 1. The average molecular weight is 356 g/mol. The van der Waals surface area contributed by atoms with E-state index in [1.54, 1.807) is 4.90 Å². The highest BCUT2D eigenvalue weighted by Gasteiger charge is 2.32. The normalized spacial score (nSPS) is 17.7. The van der Waals surface area contributed by atoms with Gasteiger partial charge in [0.15, 0.2) is 0 Å². The first-order valence-corrected chi connectivity index (χ1v) is 7.49. The van der Waals surface area contributed by atoms with Crippen LogP contribution in [-0.2, 0) is 4.79 Å². The number of hydrogen-bond acceptors (Lipinski definition) is 5. The molecule has 2 rings (SSSR count). The summed E-state index contributed by atoms with van der Waals surface area (Å²) in [6, 6.07) is 5.81. The minimum atomic E-state index is -4.49. The van der Waals surface area contributed by atoms with Crippen LogP contribution in [0.2, 0.25) is 0 Å². The molecular weight excluding hydrogens is 341 g/mol. The molecule has 134 valence electrons. The van der Waals surface area contributed by atoms with E-state index in [0.29, 0.717) is 19.4 Å². The van der Waals surface area contributed by atoms with Crippen molar-refractivity contribution < 1.29 is 22.9 Å². The second kappa shape index (κ2) is 7.38. The fraction of sp³-hybridized carbons (Fsp3) is 0.467. The molecule has 1 aromatic rings. The quantitative estimate of drug-likeness (QED) is 0.659. The number of hydrogen-bond donors (Lipinski definition) is 1. The highest BCUT2D eigenvalue weighted by molar-refractivity contribution is 5.80. The van der Waals surface area contributed by atoms with Gasteiger partial charge in [0.1, 0.15) is 12.2 Å². The molecule has 25 heavy (non-hydrogen) atoms. The van der Waals surface area contributed by atoms with Crippen LogP contribution in [0.3, 0.4) is 0 Å². The standard InChI is InChI=1S/C15H15F3N4O3/c16-15(17,18)9-20-14(23)11-2-1-5-21(8-11)12-4-3-10(7-19)6-13(12)22(24)25/h3-4,6,11H,1-2,5,8-9H2,(H,20,23). The molecule has 1 aromatic carbocycles. The van der Waals surface area contributed by atoms with Crippen molar-refractivity contribution in [3.05, 3.63) is 33.9 Å². The van der Waals surface area contributed by atoms with Gasteiger partial charge in [-0.3, -0.25) is 14.9 Å². The molecule has 0 aliphatic carbocycles. The maximum absolute atomic E-state index is 12.2. The third-order valence-electron chi connectivity index (χ3n) is 3.90. The van der Waals surface area contributed by atoms with Crippen molar-refractivity contribution in [2.75, 3.05) is 24.5 Å². The summed E-state index contributed by atoms with van der Waals surface area (Å²) < 4.78 is 36.6. The molecule has 1 aliphatic heterocycles. The molecule has 10 heteroatoms. The lowest BCUT2D eigenvalue weighted by Crippen LogP contribution is -2.45. The van der Waals surface area contributed by atoms with Gasteiger partial charge in [0, 0.05) is 19.2 Å². The van der Waals surface area contributed by atoms with Crippen LogP contribution in [-0.4, -0.2) is 36.6 Å². The number of rotatable bonds is 4. The van der Waals surface area contributed by atoms with E-state index in [9.17, 15) is 28.1 Å². The molecule has 0 radical (unpaired) electrons. The van der Waals surface area contributed by atoms with Crippen molar-refractivity contribution in [3.63, 3.8) is 0 Å². The molecular formula is C15H15F3N4O3. The Balaban J connectivity index is 2.15. The number of nitro benzene ring substituents is 1. The Bertz CT molecular complexity index is 715. The zero-order valence-electron chi connectivity index (χ0n) is 13.0. The first-order chi connectivity index (χ1) is 11.7. The van der Waals surface area contributed by atoms with Gasteiger partial charge in [0.2, 0.25) is 5.91 Å². The van der Waals surface area contributed by atoms with Crippen LogP contribution in [0.4, 0.5) is 24.5 Å². The smallest absolute Gasteiger partial charge is 0.365 e. The van der Waals surface area contributed by atoms with Gasteiger partial charge in [-0.15, -0.1) is 0 Å². The van der Waals surface area contributed by atoms with Gasteiger partial charge >= 0.3 is 6.18 Å². The highest BCUT2D eigenvalue weighted by atomic mass is 19.4. The van der Waals surface area contributed by atoms with Crippen LogP contribution in [0.1, 0.15) is 18.4 Å². The second-order valence-corrected chi connectivity index (χ2v) is 5.69. The number of anilines is 1. The topological polar surface area (TPSA) is 99.3 Å². The monoisotopic (exact) mass is 356 g/mol. The predicted molar refractivity (Wildman–Crippen MR) is 81.8 cm³/mol. The second-order valence-electron chi connectivity index (χ2n) is 5.69. The molecule has 1 atom stereocenters. The minimum absolute atomic E-state index is 0.0798. The summed E-state index contributed by atoms with van der Waals surface area (Å²) in [5.74, 6) is -1.41. The number of nitrogens with zero attached hydrogens (tertiary/aromatic N) is 3. The number of piperidine rings is 1. The Kier molecular flexibility index (Phi) is 5.46. The van der Waals surface area contributed by atoms with Crippen LogP contribution in [0.25, 0.3) is 0 Å². The molecule has 1 amide bonds. The summed E-state index contributed by atoms with van der Waals surface area (Å²) in [6.07, 6.45) is -3.57. The predicted octanol–water partition coefficient (Wildman–Crippen LogP) is 2.36. The third-order valence-corrected chi connectivity index (χ3v) is 3.90. The Morgan fingerprint density at radius 3 is 2.80 bits per heavy atom. The number of halogens is 3. The summed E-state index contributed by atoms with van der Waals surface area (Å²) in [6.45, 7) is -0.883. The van der Waals surface area contributed by atoms with Crippen LogP contribution in [0, 0.1) is 27.4 Å². The number of nitro groups is 1. The maximum Gasteiger partial charge on any atom is 0.405 e. The lowest BCUT2D eigenvalue weighted by molar-refractivity contribution is -0.384. The lowest BCUT2D eigenvalue weighted by Gasteiger charge is -2.33. The third kappa shape index (κ3) is 4.82. The van der Waals surface area contributed by atoms with Gasteiger partial charge < -0.3 is 10.2 Å². The lowest BCUT2D eigenvalue weighted by atomic mass is 9.96. The van der Waals surface area contributed by atoms with Gasteiger partial charge in [0.05, 0.1) is 22.5 Å². The summed E-state index contributed by atoms with van der Waals surface area (Å²) in [5.41, 5.74) is 0.111. The molecule has 1 saturated heterocycles. The molecule has 0 aromatic heterocycles. The number of benzene rings is 1. The Labute approximate surface area is 141 Å². The zero-order valence-corrected chi connectivity index (χ0v) is 13.0. The number of alkyl halides is 3. The van der Waals surface area contributed by atoms with Gasteiger partial charge in [-0.25, -0.2) is 0 Å². The molecule has 1 fully saturated rings. The summed E-state index contributed by atoms with van der Waals surface area (Å²) in [5, 5.41) is 21.9. The molecule has 1 N–H and O–H groups in total. The van der Waals surface area contributed by atoms with Crippen molar-refractivity contribution in [2.24, 2.45) is 5.92 Å². The van der Waals surface area contributed by atoms with Crippen LogP contribution < -0.4 is 10.2 Å². The van der Waals surface area contributed by atoms with E-state index < -0.39 is 29.5 Å².